The maximum absolute atomic E-state index is 11.9. The molecular formula is C9H7ClF2. The zero-order valence-electron chi connectivity index (χ0n) is 6.18. The van der Waals surface area contributed by atoms with Crippen molar-refractivity contribution in [1.29, 1.82) is 0 Å². The van der Waals surface area contributed by atoms with E-state index in [0.29, 0.717) is 5.56 Å². The Bertz CT molecular complexity index is 267. The monoisotopic (exact) mass is 188 g/mol. The summed E-state index contributed by atoms with van der Waals surface area (Å²) in [5.74, 6) is 0. The van der Waals surface area contributed by atoms with Crippen molar-refractivity contribution >= 4 is 17.7 Å². The van der Waals surface area contributed by atoms with Gasteiger partial charge < -0.3 is 0 Å². The molecule has 0 N–H and O–H groups in total. The van der Waals surface area contributed by atoms with E-state index in [1.54, 1.807) is 24.3 Å². The van der Waals surface area contributed by atoms with Crippen LogP contribution in [0.2, 0.25) is 0 Å². The fourth-order valence-corrected chi connectivity index (χ4v) is 0.897. The Hall–Kier alpha value is -0.890. The van der Waals surface area contributed by atoms with Gasteiger partial charge in [-0.2, -0.15) is 0 Å². The first-order valence-electron chi connectivity index (χ1n) is 3.40. The fraction of sp³-hybridized carbons (Fsp3) is 0.111. The molecule has 0 spiro atoms. The predicted molar refractivity (Wildman–Crippen MR) is 46.3 cm³/mol. The van der Waals surface area contributed by atoms with Crippen LogP contribution in [-0.2, 0) is 0 Å². The molecule has 0 nitrogen and oxygen atoms in total. The zero-order chi connectivity index (χ0) is 8.97. The Kier molecular flexibility index (Phi) is 3.23. The molecular weight excluding hydrogens is 182 g/mol. The van der Waals surface area contributed by atoms with Crippen LogP contribution in [0.15, 0.2) is 35.4 Å². The molecule has 0 amide bonds. The molecule has 0 atom stereocenters. The molecule has 0 aliphatic carbocycles. The third-order valence-electron chi connectivity index (χ3n) is 1.31. The minimum absolute atomic E-state index is 0.429. The summed E-state index contributed by atoms with van der Waals surface area (Å²) in [6, 6.07) is 8.77. The lowest BCUT2D eigenvalue weighted by molar-refractivity contribution is 0.200. The molecule has 1 aromatic rings. The van der Waals surface area contributed by atoms with Crippen LogP contribution in [0.3, 0.4) is 0 Å². The molecule has 0 aromatic heterocycles. The molecule has 0 aliphatic rings. The van der Waals surface area contributed by atoms with E-state index in [2.05, 4.69) is 0 Å². The summed E-state index contributed by atoms with van der Waals surface area (Å²) in [5.41, 5.74) is 0.683. The first-order chi connectivity index (χ1) is 5.70. The Morgan fingerprint density at radius 3 is 2.33 bits per heavy atom. The summed E-state index contributed by atoms with van der Waals surface area (Å²) in [7, 11) is 0. The second-order valence-electron chi connectivity index (χ2n) is 2.24. The summed E-state index contributed by atoms with van der Waals surface area (Å²) in [5, 5.41) is -0.429. The normalized spacial score (nSPS) is 12.2. The molecule has 0 unspecified atom stereocenters. The number of hydrogen-bond acceptors (Lipinski definition) is 0. The van der Waals surface area contributed by atoms with Gasteiger partial charge in [0.15, 0.2) is 0 Å². The summed E-state index contributed by atoms with van der Waals surface area (Å²) in [4.78, 5) is 0. The minimum atomic E-state index is -2.59. The number of halogens is 3. The summed E-state index contributed by atoms with van der Waals surface area (Å²) >= 11 is 5.26. The summed E-state index contributed by atoms with van der Waals surface area (Å²) in [6.45, 7) is 0. The van der Waals surface area contributed by atoms with Crippen LogP contribution in [0.4, 0.5) is 8.78 Å². The van der Waals surface area contributed by atoms with E-state index in [0.717, 1.165) is 0 Å². The van der Waals surface area contributed by atoms with E-state index in [1.807, 2.05) is 6.07 Å². The van der Waals surface area contributed by atoms with Crippen molar-refractivity contribution in [1.82, 2.24) is 0 Å². The summed E-state index contributed by atoms with van der Waals surface area (Å²) < 4.78 is 23.8. The van der Waals surface area contributed by atoms with Gasteiger partial charge in [0.05, 0.1) is 5.03 Å². The molecule has 12 heavy (non-hydrogen) atoms. The largest absolute Gasteiger partial charge is 0.274 e. The van der Waals surface area contributed by atoms with Gasteiger partial charge in [-0.15, -0.1) is 0 Å². The van der Waals surface area contributed by atoms with Crippen molar-refractivity contribution < 1.29 is 8.78 Å². The van der Waals surface area contributed by atoms with Gasteiger partial charge >= 0.3 is 0 Å². The van der Waals surface area contributed by atoms with Crippen LogP contribution >= 0.6 is 11.6 Å². The van der Waals surface area contributed by atoms with Gasteiger partial charge in [-0.05, 0) is 11.6 Å². The highest BCUT2D eigenvalue weighted by Gasteiger charge is 2.06. The Labute approximate surface area is 74.5 Å². The molecule has 0 fully saturated rings. The maximum Gasteiger partial charge on any atom is 0.274 e. The highest BCUT2D eigenvalue weighted by molar-refractivity contribution is 6.31. The van der Waals surface area contributed by atoms with Crippen molar-refractivity contribution in [3.63, 3.8) is 0 Å². The van der Waals surface area contributed by atoms with Gasteiger partial charge in [0.25, 0.3) is 6.43 Å². The number of hydrogen-bond donors (Lipinski definition) is 0. The van der Waals surface area contributed by atoms with E-state index in [1.165, 1.54) is 6.08 Å². The smallest absolute Gasteiger partial charge is 0.204 e. The van der Waals surface area contributed by atoms with Crippen molar-refractivity contribution in [3.8, 4) is 0 Å². The molecule has 0 saturated heterocycles. The standard InChI is InChI=1S/C9H7ClF2/c10-8(9(11)12)6-7-4-2-1-3-5-7/h1-6,9H. The molecule has 0 heterocycles. The van der Waals surface area contributed by atoms with Gasteiger partial charge in [0, 0.05) is 0 Å². The number of alkyl halides is 2. The molecule has 3 heteroatoms. The topological polar surface area (TPSA) is 0 Å². The zero-order valence-corrected chi connectivity index (χ0v) is 6.93. The van der Waals surface area contributed by atoms with Crippen molar-refractivity contribution in [2.45, 2.75) is 6.43 Å². The quantitative estimate of drug-likeness (QED) is 0.666. The van der Waals surface area contributed by atoms with Gasteiger partial charge in [-0.25, -0.2) is 8.78 Å². The van der Waals surface area contributed by atoms with E-state index in [9.17, 15) is 8.78 Å². The van der Waals surface area contributed by atoms with Crippen LogP contribution in [0.1, 0.15) is 5.56 Å². The van der Waals surface area contributed by atoms with Crippen LogP contribution in [0, 0.1) is 0 Å². The lowest BCUT2D eigenvalue weighted by atomic mass is 10.2. The van der Waals surface area contributed by atoms with E-state index in [-0.39, 0.29) is 0 Å². The van der Waals surface area contributed by atoms with E-state index >= 15 is 0 Å². The highest BCUT2D eigenvalue weighted by Crippen LogP contribution is 2.16. The van der Waals surface area contributed by atoms with E-state index in [4.69, 9.17) is 11.6 Å². The third kappa shape index (κ3) is 2.62. The minimum Gasteiger partial charge on any atom is -0.204 e. The SMILES string of the molecule is FC(F)C(Cl)=Cc1ccccc1. The Balaban J connectivity index is 2.81. The average molecular weight is 189 g/mol. The molecule has 0 radical (unpaired) electrons. The molecule has 0 bridgehead atoms. The van der Waals surface area contributed by atoms with E-state index < -0.39 is 11.5 Å². The van der Waals surface area contributed by atoms with Crippen molar-refractivity contribution in [2.75, 3.05) is 0 Å². The second kappa shape index (κ2) is 4.21. The highest BCUT2D eigenvalue weighted by atomic mass is 35.5. The first-order valence-corrected chi connectivity index (χ1v) is 3.78. The lowest BCUT2D eigenvalue weighted by Gasteiger charge is -1.95. The average Bonchev–Trinajstić information content (AvgIpc) is 2.06. The lowest BCUT2D eigenvalue weighted by Crippen LogP contribution is -1.88. The Morgan fingerprint density at radius 2 is 1.83 bits per heavy atom. The van der Waals surface area contributed by atoms with Gasteiger partial charge in [0.1, 0.15) is 0 Å². The molecule has 0 saturated carbocycles. The van der Waals surface area contributed by atoms with Gasteiger partial charge in [-0.1, -0.05) is 41.9 Å². The van der Waals surface area contributed by atoms with Gasteiger partial charge in [0.2, 0.25) is 0 Å². The maximum atomic E-state index is 11.9. The van der Waals surface area contributed by atoms with Crippen molar-refractivity contribution in [3.05, 3.63) is 40.9 Å². The molecule has 0 aliphatic heterocycles. The fourth-order valence-electron chi connectivity index (χ4n) is 0.771. The molecule has 1 aromatic carbocycles. The number of benzene rings is 1. The summed E-state index contributed by atoms with van der Waals surface area (Å²) in [6.07, 6.45) is -1.33. The van der Waals surface area contributed by atoms with Crippen molar-refractivity contribution in [2.24, 2.45) is 0 Å². The van der Waals surface area contributed by atoms with Gasteiger partial charge in [-0.3, -0.25) is 0 Å². The third-order valence-corrected chi connectivity index (χ3v) is 1.59. The number of rotatable bonds is 2. The van der Waals surface area contributed by atoms with Crippen LogP contribution < -0.4 is 0 Å². The van der Waals surface area contributed by atoms with Crippen LogP contribution in [0.25, 0.3) is 6.08 Å². The second-order valence-corrected chi connectivity index (χ2v) is 2.68. The molecule has 1 rings (SSSR count). The predicted octanol–water partition coefficient (Wildman–Crippen LogP) is 3.53. The van der Waals surface area contributed by atoms with Crippen LogP contribution in [-0.4, -0.2) is 6.43 Å². The molecule has 64 valence electrons. The Morgan fingerprint density at radius 1 is 1.25 bits per heavy atom. The van der Waals surface area contributed by atoms with Crippen LogP contribution in [0.5, 0.6) is 0 Å². The first kappa shape index (κ1) is 9.20. The number of allylic oxidation sites excluding steroid dienone is 1.